The summed E-state index contributed by atoms with van der Waals surface area (Å²) in [6, 6.07) is 11.3. The Morgan fingerprint density at radius 2 is 1.76 bits per heavy atom. The fourth-order valence-corrected chi connectivity index (χ4v) is 3.64. The lowest BCUT2D eigenvalue weighted by atomic mass is 10.1. The van der Waals surface area contributed by atoms with Crippen LogP contribution >= 0.6 is 0 Å². The van der Waals surface area contributed by atoms with Crippen molar-refractivity contribution in [1.82, 2.24) is 9.97 Å². The molecule has 7 nitrogen and oxygen atoms in total. The predicted octanol–water partition coefficient (Wildman–Crippen LogP) is 3.96. The molecular weight excluding hydrogens is 368 g/mol. The topological polar surface area (TPSA) is 79.7 Å². The summed E-state index contributed by atoms with van der Waals surface area (Å²) in [4.78, 5) is 11.7. The minimum absolute atomic E-state index is 0.0735. The first-order valence-electron chi connectivity index (χ1n) is 9.88. The molecule has 0 unspecified atom stereocenters. The molecule has 0 bridgehead atoms. The highest BCUT2D eigenvalue weighted by molar-refractivity contribution is 5.93. The van der Waals surface area contributed by atoms with Gasteiger partial charge in [-0.1, -0.05) is 12.1 Å². The molecule has 7 heteroatoms. The van der Waals surface area contributed by atoms with Gasteiger partial charge in [-0.05, 0) is 43.0 Å². The van der Waals surface area contributed by atoms with Gasteiger partial charge in [0.15, 0.2) is 11.5 Å². The third kappa shape index (κ3) is 4.13. The number of piperidine rings is 1. The van der Waals surface area contributed by atoms with Crippen LogP contribution in [0.25, 0.3) is 10.9 Å². The Labute approximate surface area is 170 Å². The smallest absolute Gasteiger partial charge is 0.225 e. The molecule has 1 fully saturated rings. The van der Waals surface area contributed by atoms with E-state index in [0.29, 0.717) is 23.8 Å². The molecule has 1 saturated heterocycles. The third-order valence-electron chi connectivity index (χ3n) is 5.24. The van der Waals surface area contributed by atoms with Crippen LogP contribution in [0.5, 0.6) is 17.2 Å². The van der Waals surface area contributed by atoms with E-state index in [0.717, 1.165) is 48.4 Å². The molecule has 1 aromatic heterocycles. The molecule has 0 atom stereocenters. The standard InChI is InChI=1S/C22H26N4O3/c1-28-16-8-6-15(7-9-16)14-23-22-24-18-13-19(27)20(29-2)12-17(18)21(25-22)26-10-4-3-5-11-26/h6-9,12-13,27H,3-5,10-11,14H2,1-2H3,(H,23,24,25). The molecule has 0 aliphatic carbocycles. The van der Waals surface area contributed by atoms with Crippen LogP contribution in [0.15, 0.2) is 36.4 Å². The van der Waals surface area contributed by atoms with Crippen LogP contribution in [-0.2, 0) is 6.54 Å². The molecule has 0 spiro atoms. The van der Waals surface area contributed by atoms with Gasteiger partial charge >= 0.3 is 0 Å². The number of benzene rings is 2. The van der Waals surface area contributed by atoms with Gasteiger partial charge < -0.3 is 24.8 Å². The number of phenols is 1. The van der Waals surface area contributed by atoms with E-state index < -0.39 is 0 Å². The van der Waals surface area contributed by atoms with Crippen molar-refractivity contribution in [3.05, 3.63) is 42.0 Å². The van der Waals surface area contributed by atoms with E-state index in [4.69, 9.17) is 14.5 Å². The summed E-state index contributed by atoms with van der Waals surface area (Å²) in [7, 11) is 3.20. The largest absolute Gasteiger partial charge is 0.504 e. The average Bonchev–Trinajstić information content (AvgIpc) is 2.77. The molecule has 1 aliphatic heterocycles. The second-order valence-corrected chi connectivity index (χ2v) is 7.16. The van der Waals surface area contributed by atoms with Crippen LogP contribution in [-0.4, -0.2) is 42.4 Å². The zero-order valence-electron chi connectivity index (χ0n) is 16.8. The number of nitrogens with zero attached hydrogens (tertiary/aromatic N) is 3. The molecule has 0 amide bonds. The van der Waals surface area contributed by atoms with Crippen molar-refractivity contribution in [2.45, 2.75) is 25.8 Å². The first kappa shape index (κ1) is 19.1. The van der Waals surface area contributed by atoms with Gasteiger partial charge in [0.2, 0.25) is 5.95 Å². The first-order valence-corrected chi connectivity index (χ1v) is 9.88. The van der Waals surface area contributed by atoms with Gasteiger partial charge in [-0.15, -0.1) is 0 Å². The maximum atomic E-state index is 10.2. The predicted molar refractivity (Wildman–Crippen MR) is 114 cm³/mol. The van der Waals surface area contributed by atoms with Crippen molar-refractivity contribution in [3.8, 4) is 17.2 Å². The monoisotopic (exact) mass is 394 g/mol. The van der Waals surface area contributed by atoms with Crippen molar-refractivity contribution in [2.24, 2.45) is 0 Å². The van der Waals surface area contributed by atoms with Gasteiger partial charge in [-0.25, -0.2) is 4.98 Å². The number of anilines is 2. The lowest BCUT2D eigenvalue weighted by Gasteiger charge is -2.29. The van der Waals surface area contributed by atoms with Gasteiger partial charge in [0, 0.05) is 31.1 Å². The van der Waals surface area contributed by atoms with Crippen LogP contribution in [0.4, 0.5) is 11.8 Å². The van der Waals surface area contributed by atoms with E-state index in [2.05, 4.69) is 15.2 Å². The molecule has 3 aromatic rings. The van der Waals surface area contributed by atoms with Crippen molar-refractivity contribution < 1.29 is 14.6 Å². The minimum atomic E-state index is 0.0735. The Morgan fingerprint density at radius 3 is 2.45 bits per heavy atom. The Balaban J connectivity index is 1.67. The molecule has 2 heterocycles. The fraction of sp³-hybridized carbons (Fsp3) is 0.364. The normalized spacial score (nSPS) is 14.1. The number of aromatic hydroxyl groups is 1. The van der Waals surface area contributed by atoms with Crippen LogP contribution in [0.2, 0.25) is 0 Å². The maximum absolute atomic E-state index is 10.2. The molecular formula is C22H26N4O3. The van der Waals surface area contributed by atoms with Gasteiger partial charge in [0.05, 0.1) is 19.7 Å². The summed E-state index contributed by atoms with van der Waals surface area (Å²) >= 11 is 0. The maximum Gasteiger partial charge on any atom is 0.225 e. The molecule has 4 rings (SSSR count). The minimum Gasteiger partial charge on any atom is -0.504 e. The van der Waals surface area contributed by atoms with Crippen molar-refractivity contribution in [2.75, 3.05) is 37.5 Å². The van der Waals surface area contributed by atoms with E-state index in [1.807, 2.05) is 30.3 Å². The number of phenolic OH excluding ortho intramolecular Hbond substituents is 1. The number of hydrogen-bond donors (Lipinski definition) is 2. The second-order valence-electron chi connectivity index (χ2n) is 7.16. The SMILES string of the molecule is COc1ccc(CNc2nc(N3CCCCC3)c3cc(OC)c(O)cc3n2)cc1. The molecule has 1 aliphatic rings. The molecule has 2 N–H and O–H groups in total. The van der Waals surface area contributed by atoms with Crippen LogP contribution in [0, 0.1) is 0 Å². The Hall–Kier alpha value is -3.22. The molecule has 0 radical (unpaired) electrons. The van der Waals surface area contributed by atoms with E-state index >= 15 is 0 Å². The average molecular weight is 394 g/mol. The zero-order valence-corrected chi connectivity index (χ0v) is 16.8. The molecule has 152 valence electrons. The van der Waals surface area contributed by atoms with Crippen molar-refractivity contribution >= 4 is 22.7 Å². The van der Waals surface area contributed by atoms with Crippen LogP contribution in [0.3, 0.4) is 0 Å². The number of nitrogens with one attached hydrogen (secondary N) is 1. The summed E-state index contributed by atoms with van der Waals surface area (Å²) < 4.78 is 10.5. The third-order valence-corrected chi connectivity index (χ3v) is 5.24. The van der Waals surface area contributed by atoms with Gasteiger partial charge in [0.1, 0.15) is 11.6 Å². The summed E-state index contributed by atoms with van der Waals surface area (Å²) in [5, 5.41) is 14.4. The molecule has 0 saturated carbocycles. The number of aromatic nitrogens is 2. The van der Waals surface area contributed by atoms with Crippen LogP contribution in [0.1, 0.15) is 24.8 Å². The van der Waals surface area contributed by atoms with Gasteiger partial charge in [-0.2, -0.15) is 4.98 Å². The Morgan fingerprint density at radius 1 is 1.00 bits per heavy atom. The van der Waals surface area contributed by atoms with Crippen LogP contribution < -0.4 is 19.7 Å². The highest BCUT2D eigenvalue weighted by atomic mass is 16.5. The Bertz CT molecular complexity index is 986. The van der Waals surface area contributed by atoms with E-state index in [1.54, 1.807) is 20.3 Å². The lowest BCUT2D eigenvalue weighted by molar-refractivity contribution is 0.374. The van der Waals surface area contributed by atoms with Gasteiger partial charge in [-0.3, -0.25) is 0 Å². The van der Waals surface area contributed by atoms with E-state index in [9.17, 15) is 5.11 Å². The number of fused-ring (bicyclic) bond motifs is 1. The van der Waals surface area contributed by atoms with E-state index in [-0.39, 0.29) is 5.75 Å². The number of methoxy groups -OCH3 is 2. The lowest BCUT2D eigenvalue weighted by Crippen LogP contribution is -2.30. The molecule has 29 heavy (non-hydrogen) atoms. The quantitative estimate of drug-likeness (QED) is 0.655. The second kappa shape index (κ2) is 8.43. The van der Waals surface area contributed by atoms with Gasteiger partial charge in [0.25, 0.3) is 0 Å². The fourth-order valence-electron chi connectivity index (χ4n) is 3.64. The summed E-state index contributed by atoms with van der Waals surface area (Å²) in [5.74, 6) is 2.75. The number of rotatable bonds is 6. The zero-order chi connectivity index (χ0) is 20.2. The van der Waals surface area contributed by atoms with E-state index in [1.165, 1.54) is 6.42 Å². The summed E-state index contributed by atoms with van der Waals surface area (Å²) in [6.45, 7) is 2.53. The van der Waals surface area contributed by atoms with Crippen molar-refractivity contribution in [3.63, 3.8) is 0 Å². The highest BCUT2D eigenvalue weighted by Crippen LogP contribution is 2.35. The summed E-state index contributed by atoms with van der Waals surface area (Å²) in [5.41, 5.74) is 1.79. The first-order chi connectivity index (χ1) is 14.2. The molecule has 2 aromatic carbocycles. The number of hydrogen-bond acceptors (Lipinski definition) is 7. The Kier molecular flexibility index (Phi) is 5.55. The van der Waals surface area contributed by atoms with Crippen molar-refractivity contribution in [1.29, 1.82) is 0 Å². The summed E-state index contributed by atoms with van der Waals surface area (Å²) in [6.07, 6.45) is 3.54. The highest BCUT2D eigenvalue weighted by Gasteiger charge is 2.19. The number of ether oxygens (including phenoxy) is 2.